The van der Waals surface area contributed by atoms with Gasteiger partial charge in [-0.25, -0.2) is 14.2 Å². The molecule has 0 N–H and O–H groups in total. The molecule has 2 aromatic heterocycles. The van der Waals surface area contributed by atoms with Gasteiger partial charge in [0.1, 0.15) is 5.82 Å². The van der Waals surface area contributed by atoms with Crippen LogP contribution in [0, 0.1) is 5.82 Å². The summed E-state index contributed by atoms with van der Waals surface area (Å²) in [4.78, 5) is 30.4. The van der Waals surface area contributed by atoms with Crippen molar-refractivity contribution in [1.82, 2.24) is 18.7 Å². The van der Waals surface area contributed by atoms with Gasteiger partial charge in [-0.1, -0.05) is 12.1 Å². The summed E-state index contributed by atoms with van der Waals surface area (Å²) in [5.74, 6) is 0.179. The number of rotatable bonds is 3. The van der Waals surface area contributed by atoms with Gasteiger partial charge in [-0.3, -0.25) is 18.5 Å². The van der Waals surface area contributed by atoms with Gasteiger partial charge < -0.3 is 0 Å². The van der Waals surface area contributed by atoms with Gasteiger partial charge in [-0.05, 0) is 31.5 Å². The van der Waals surface area contributed by atoms with E-state index in [1.165, 1.54) is 16.7 Å². The molecule has 0 spiro atoms. The molecule has 3 heterocycles. The second-order valence-electron chi connectivity index (χ2n) is 6.58. The fraction of sp³-hybridized carbons (Fsp3) is 0.333. The standard InChI is InChI=1S/C18H19FN6O2/c1-4-25-17-20-15-14(23(17)9-11(2)21-25)16(26)24(18(27)22(15)3)10-12-5-7-13(19)8-6-12/h5-8H,4,9-10H2,1-3H3. The van der Waals surface area contributed by atoms with Gasteiger partial charge in [0.15, 0.2) is 11.2 Å². The summed E-state index contributed by atoms with van der Waals surface area (Å²) in [6, 6.07) is 5.74. The molecule has 1 aliphatic heterocycles. The number of hydrazone groups is 1. The van der Waals surface area contributed by atoms with Crippen LogP contribution in [-0.4, -0.2) is 30.9 Å². The normalized spacial score (nSPS) is 13.8. The van der Waals surface area contributed by atoms with Crippen LogP contribution in [0.2, 0.25) is 0 Å². The molecule has 0 bridgehead atoms. The highest BCUT2D eigenvalue weighted by Crippen LogP contribution is 2.23. The van der Waals surface area contributed by atoms with E-state index in [2.05, 4.69) is 10.1 Å². The SMILES string of the molecule is CCN1N=C(C)Cn2c1nc1c2c(=O)n(Cc2ccc(F)cc2)c(=O)n1C. The molecule has 27 heavy (non-hydrogen) atoms. The first-order valence-electron chi connectivity index (χ1n) is 8.66. The Morgan fingerprint density at radius 1 is 1.19 bits per heavy atom. The highest BCUT2D eigenvalue weighted by atomic mass is 19.1. The molecule has 0 saturated heterocycles. The number of fused-ring (bicyclic) bond motifs is 3. The van der Waals surface area contributed by atoms with Crippen LogP contribution in [0.25, 0.3) is 11.2 Å². The van der Waals surface area contributed by atoms with Crippen molar-refractivity contribution in [1.29, 1.82) is 0 Å². The Balaban J connectivity index is 1.95. The van der Waals surface area contributed by atoms with Gasteiger partial charge in [-0.2, -0.15) is 10.1 Å². The van der Waals surface area contributed by atoms with Gasteiger partial charge in [0.05, 0.1) is 18.8 Å². The molecule has 1 aliphatic rings. The minimum atomic E-state index is -0.465. The molecule has 0 aliphatic carbocycles. The van der Waals surface area contributed by atoms with Crippen molar-refractivity contribution >= 4 is 22.8 Å². The first-order valence-corrected chi connectivity index (χ1v) is 8.66. The van der Waals surface area contributed by atoms with Gasteiger partial charge in [0, 0.05) is 13.6 Å². The highest BCUT2D eigenvalue weighted by Gasteiger charge is 2.25. The maximum absolute atomic E-state index is 13.2. The molecule has 9 heteroatoms. The van der Waals surface area contributed by atoms with Gasteiger partial charge in [-0.15, -0.1) is 0 Å². The lowest BCUT2D eigenvalue weighted by molar-refractivity contribution is 0.623. The van der Waals surface area contributed by atoms with E-state index in [1.807, 2.05) is 13.8 Å². The van der Waals surface area contributed by atoms with E-state index >= 15 is 0 Å². The third-order valence-electron chi connectivity index (χ3n) is 4.68. The fourth-order valence-electron chi connectivity index (χ4n) is 3.34. The van der Waals surface area contributed by atoms with Crippen LogP contribution < -0.4 is 16.3 Å². The predicted octanol–water partition coefficient (Wildman–Crippen LogP) is 1.30. The molecule has 0 saturated carbocycles. The van der Waals surface area contributed by atoms with Crippen molar-refractivity contribution in [2.75, 3.05) is 11.6 Å². The number of benzene rings is 1. The Morgan fingerprint density at radius 3 is 2.56 bits per heavy atom. The largest absolute Gasteiger partial charge is 0.332 e. The van der Waals surface area contributed by atoms with Crippen LogP contribution in [0.3, 0.4) is 0 Å². The van der Waals surface area contributed by atoms with Gasteiger partial charge in [0.25, 0.3) is 5.56 Å². The molecule has 0 amide bonds. The van der Waals surface area contributed by atoms with E-state index in [4.69, 9.17) is 0 Å². The third kappa shape index (κ3) is 2.66. The van der Waals surface area contributed by atoms with Gasteiger partial charge >= 0.3 is 5.69 Å². The number of aromatic nitrogens is 4. The summed E-state index contributed by atoms with van der Waals surface area (Å²) in [6.45, 7) is 4.92. The number of imidazole rings is 1. The smallest absolute Gasteiger partial charge is 0.297 e. The molecule has 0 unspecified atom stereocenters. The van der Waals surface area contributed by atoms with E-state index in [0.29, 0.717) is 35.8 Å². The zero-order valence-electron chi connectivity index (χ0n) is 15.3. The van der Waals surface area contributed by atoms with Crippen molar-refractivity contribution in [2.45, 2.75) is 26.9 Å². The minimum absolute atomic E-state index is 0.0623. The molecular formula is C18H19FN6O2. The van der Waals surface area contributed by atoms with Crippen LogP contribution in [0.4, 0.5) is 10.3 Å². The number of nitrogens with zero attached hydrogens (tertiary/aromatic N) is 6. The Kier molecular flexibility index (Phi) is 3.94. The fourth-order valence-corrected chi connectivity index (χ4v) is 3.34. The Bertz CT molecular complexity index is 1190. The van der Waals surface area contributed by atoms with E-state index in [0.717, 1.165) is 10.3 Å². The molecule has 4 rings (SSSR count). The summed E-state index contributed by atoms with van der Waals surface area (Å²) >= 11 is 0. The van der Waals surface area contributed by atoms with Gasteiger partial charge in [0.2, 0.25) is 5.95 Å². The number of aryl methyl sites for hydroxylation is 1. The molecule has 0 fully saturated rings. The second-order valence-corrected chi connectivity index (χ2v) is 6.58. The van der Waals surface area contributed by atoms with Crippen LogP contribution >= 0.6 is 0 Å². The molecule has 0 radical (unpaired) electrons. The molecule has 1 aromatic carbocycles. The topological polar surface area (TPSA) is 77.4 Å². The minimum Gasteiger partial charge on any atom is -0.297 e. The molecule has 140 valence electrons. The lowest BCUT2D eigenvalue weighted by Gasteiger charge is -2.23. The van der Waals surface area contributed by atoms with Crippen molar-refractivity contribution in [3.8, 4) is 0 Å². The summed E-state index contributed by atoms with van der Waals surface area (Å²) in [7, 11) is 1.59. The first kappa shape index (κ1) is 17.2. The van der Waals surface area contributed by atoms with E-state index in [9.17, 15) is 14.0 Å². The summed E-state index contributed by atoms with van der Waals surface area (Å²) in [5, 5.41) is 6.17. The van der Waals surface area contributed by atoms with E-state index < -0.39 is 11.2 Å². The number of anilines is 1. The van der Waals surface area contributed by atoms with Crippen molar-refractivity contribution < 1.29 is 4.39 Å². The number of hydrogen-bond acceptors (Lipinski definition) is 5. The predicted molar refractivity (Wildman–Crippen MR) is 101 cm³/mol. The highest BCUT2D eigenvalue weighted by molar-refractivity contribution is 5.87. The van der Waals surface area contributed by atoms with Crippen LogP contribution in [0.5, 0.6) is 0 Å². The summed E-state index contributed by atoms with van der Waals surface area (Å²) in [6.07, 6.45) is 0. The van der Waals surface area contributed by atoms with Crippen molar-refractivity contribution in [2.24, 2.45) is 12.1 Å². The molecule has 8 nitrogen and oxygen atoms in total. The van der Waals surface area contributed by atoms with E-state index in [1.54, 1.807) is 28.8 Å². The molecular weight excluding hydrogens is 351 g/mol. The monoisotopic (exact) mass is 370 g/mol. The molecule has 0 atom stereocenters. The quantitative estimate of drug-likeness (QED) is 0.696. The average molecular weight is 370 g/mol. The lowest BCUT2D eigenvalue weighted by Crippen LogP contribution is -2.40. The zero-order chi connectivity index (χ0) is 19.3. The van der Waals surface area contributed by atoms with Crippen molar-refractivity contribution in [3.63, 3.8) is 0 Å². The van der Waals surface area contributed by atoms with Crippen molar-refractivity contribution in [3.05, 3.63) is 56.5 Å². The second kappa shape index (κ2) is 6.19. The van der Waals surface area contributed by atoms with Crippen LogP contribution in [-0.2, 0) is 20.1 Å². The first-order chi connectivity index (χ1) is 12.9. The third-order valence-corrected chi connectivity index (χ3v) is 4.68. The maximum Gasteiger partial charge on any atom is 0.332 e. The summed E-state index contributed by atoms with van der Waals surface area (Å²) < 4.78 is 17.5. The Hall–Kier alpha value is -3.23. The Morgan fingerprint density at radius 2 is 1.89 bits per heavy atom. The zero-order valence-corrected chi connectivity index (χ0v) is 15.3. The van der Waals surface area contributed by atoms with E-state index in [-0.39, 0.29) is 12.4 Å². The lowest BCUT2D eigenvalue weighted by atomic mass is 10.2. The number of halogens is 1. The Labute approximate surface area is 153 Å². The van der Waals surface area contributed by atoms with Crippen LogP contribution in [0.1, 0.15) is 19.4 Å². The molecule has 3 aromatic rings. The summed E-state index contributed by atoms with van der Waals surface area (Å²) in [5.41, 5.74) is 1.33. The average Bonchev–Trinajstić information content (AvgIpc) is 3.04. The van der Waals surface area contributed by atoms with Crippen LogP contribution in [0.15, 0.2) is 39.0 Å². The maximum atomic E-state index is 13.2. The number of hydrogen-bond donors (Lipinski definition) is 0.